The summed E-state index contributed by atoms with van der Waals surface area (Å²) in [6.07, 6.45) is 0.774. The maximum Gasteiger partial charge on any atom is 0.225 e. The molecular formula is C22H25FN2O3. The summed E-state index contributed by atoms with van der Waals surface area (Å²) in [5.74, 6) is -0.866. The molecule has 1 aliphatic heterocycles. The predicted molar refractivity (Wildman–Crippen MR) is 104 cm³/mol. The van der Waals surface area contributed by atoms with Gasteiger partial charge in [-0.1, -0.05) is 42.5 Å². The molecule has 1 N–H and O–H groups in total. The van der Waals surface area contributed by atoms with E-state index in [4.69, 9.17) is 4.74 Å². The molecule has 2 amide bonds. The normalized spacial score (nSPS) is 19.5. The summed E-state index contributed by atoms with van der Waals surface area (Å²) in [5.41, 5.74) is 1.77. The zero-order valence-electron chi connectivity index (χ0n) is 15.9. The Balaban J connectivity index is 1.82. The van der Waals surface area contributed by atoms with Crippen molar-refractivity contribution in [2.75, 3.05) is 20.3 Å². The van der Waals surface area contributed by atoms with Crippen LogP contribution in [0.25, 0.3) is 0 Å². The average Bonchev–Trinajstić information content (AvgIpc) is 2.72. The molecule has 0 aromatic heterocycles. The van der Waals surface area contributed by atoms with E-state index in [0.29, 0.717) is 32.5 Å². The minimum Gasteiger partial charge on any atom is -0.383 e. The van der Waals surface area contributed by atoms with Gasteiger partial charge >= 0.3 is 0 Å². The highest BCUT2D eigenvalue weighted by Crippen LogP contribution is 2.37. The number of hydrogen-bond acceptors (Lipinski definition) is 3. The van der Waals surface area contributed by atoms with Gasteiger partial charge in [-0.2, -0.15) is 0 Å². The van der Waals surface area contributed by atoms with Crippen LogP contribution in [0.4, 0.5) is 4.39 Å². The van der Waals surface area contributed by atoms with Crippen LogP contribution in [-0.2, 0) is 20.9 Å². The van der Waals surface area contributed by atoms with Crippen LogP contribution in [-0.4, -0.2) is 37.0 Å². The van der Waals surface area contributed by atoms with Crippen LogP contribution in [0, 0.1) is 11.7 Å². The van der Waals surface area contributed by atoms with Crippen molar-refractivity contribution >= 4 is 11.8 Å². The Labute approximate surface area is 164 Å². The SMILES string of the molecule is COCCN1C(=O)CC[C@@H](C(=O)NCc2ccccc2)[C@@H]1c1ccc(F)cc1. The van der Waals surface area contributed by atoms with Crippen molar-refractivity contribution in [1.29, 1.82) is 0 Å². The van der Waals surface area contributed by atoms with Gasteiger partial charge in [-0.05, 0) is 29.7 Å². The number of carbonyl (C=O) groups excluding carboxylic acids is 2. The number of rotatable bonds is 7. The van der Waals surface area contributed by atoms with Crippen LogP contribution in [0.2, 0.25) is 0 Å². The van der Waals surface area contributed by atoms with Crippen molar-refractivity contribution in [3.63, 3.8) is 0 Å². The molecule has 0 unspecified atom stereocenters. The number of likely N-dealkylation sites (tertiary alicyclic amines) is 1. The molecule has 0 radical (unpaired) electrons. The van der Waals surface area contributed by atoms with Crippen LogP contribution in [0.5, 0.6) is 0 Å². The van der Waals surface area contributed by atoms with Crippen molar-refractivity contribution in [3.05, 3.63) is 71.5 Å². The maximum atomic E-state index is 13.4. The third-order valence-electron chi connectivity index (χ3n) is 5.10. The number of halogens is 1. The topological polar surface area (TPSA) is 58.6 Å². The lowest BCUT2D eigenvalue weighted by Crippen LogP contribution is -2.49. The summed E-state index contributed by atoms with van der Waals surface area (Å²) in [7, 11) is 1.57. The fourth-order valence-electron chi connectivity index (χ4n) is 3.67. The molecule has 5 nitrogen and oxygen atoms in total. The van der Waals surface area contributed by atoms with Crippen molar-refractivity contribution in [2.45, 2.75) is 25.4 Å². The van der Waals surface area contributed by atoms with E-state index in [1.807, 2.05) is 30.3 Å². The lowest BCUT2D eigenvalue weighted by molar-refractivity contribution is -0.144. The van der Waals surface area contributed by atoms with E-state index in [0.717, 1.165) is 11.1 Å². The molecule has 148 valence electrons. The summed E-state index contributed by atoms with van der Waals surface area (Å²) in [6, 6.07) is 15.3. The standard InChI is InChI=1S/C22H25FN2O3/c1-28-14-13-25-20(26)12-11-19(21(25)17-7-9-18(23)10-8-17)22(27)24-15-16-5-3-2-4-6-16/h2-10,19,21H,11-15H2,1H3,(H,24,27)/t19-,21+/m1/s1. The zero-order valence-corrected chi connectivity index (χ0v) is 15.9. The zero-order chi connectivity index (χ0) is 19.9. The quantitative estimate of drug-likeness (QED) is 0.798. The largest absolute Gasteiger partial charge is 0.383 e. The summed E-state index contributed by atoms with van der Waals surface area (Å²) in [4.78, 5) is 27.2. The number of piperidine rings is 1. The third-order valence-corrected chi connectivity index (χ3v) is 5.10. The molecule has 1 saturated heterocycles. The van der Waals surface area contributed by atoms with Gasteiger partial charge in [-0.15, -0.1) is 0 Å². The van der Waals surface area contributed by atoms with Crippen molar-refractivity contribution in [3.8, 4) is 0 Å². The lowest BCUT2D eigenvalue weighted by Gasteiger charge is -2.40. The molecule has 28 heavy (non-hydrogen) atoms. The van der Waals surface area contributed by atoms with Gasteiger partial charge in [0.25, 0.3) is 0 Å². The Morgan fingerprint density at radius 2 is 1.89 bits per heavy atom. The van der Waals surface area contributed by atoms with Gasteiger partial charge in [0.2, 0.25) is 11.8 Å². The first kappa shape index (κ1) is 20.0. The maximum absolute atomic E-state index is 13.4. The molecule has 2 aromatic rings. The minimum atomic E-state index is -0.437. The van der Waals surface area contributed by atoms with Gasteiger partial charge in [-0.3, -0.25) is 9.59 Å². The van der Waals surface area contributed by atoms with Gasteiger partial charge in [-0.25, -0.2) is 4.39 Å². The number of nitrogens with zero attached hydrogens (tertiary/aromatic N) is 1. The number of nitrogens with one attached hydrogen (secondary N) is 1. The predicted octanol–water partition coefficient (Wildman–Crippen LogP) is 3.07. The van der Waals surface area contributed by atoms with E-state index in [-0.39, 0.29) is 17.6 Å². The number of carbonyl (C=O) groups is 2. The fourth-order valence-corrected chi connectivity index (χ4v) is 3.67. The molecule has 3 rings (SSSR count). The highest BCUT2D eigenvalue weighted by molar-refractivity contribution is 5.85. The number of methoxy groups -OCH3 is 1. The van der Waals surface area contributed by atoms with Gasteiger partial charge in [0.1, 0.15) is 5.82 Å². The van der Waals surface area contributed by atoms with E-state index in [1.165, 1.54) is 12.1 Å². The molecule has 0 bridgehead atoms. The van der Waals surface area contributed by atoms with Crippen LogP contribution in [0.3, 0.4) is 0 Å². The Bertz CT molecular complexity index is 795. The summed E-state index contributed by atoms with van der Waals surface area (Å²) in [6.45, 7) is 1.19. The third kappa shape index (κ3) is 4.75. The molecule has 2 aromatic carbocycles. The average molecular weight is 384 g/mol. The molecule has 1 heterocycles. The second-order valence-corrected chi connectivity index (χ2v) is 6.92. The smallest absolute Gasteiger partial charge is 0.225 e. The first-order chi connectivity index (χ1) is 13.6. The van der Waals surface area contributed by atoms with E-state index in [2.05, 4.69) is 5.32 Å². The van der Waals surface area contributed by atoms with Gasteiger partial charge in [0.05, 0.1) is 18.6 Å². The Kier molecular flexibility index (Phi) is 6.76. The first-order valence-corrected chi connectivity index (χ1v) is 9.45. The van der Waals surface area contributed by atoms with Gasteiger partial charge in [0, 0.05) is 26.6 Å². The second kappa shape index (κ2) is 9.46. The van der Waals surface area contributed by atoms with Crippen molar-refractivity contribution in [2.24, 2.45) is 5.92 Å². The molecule has 6 heteroatoms. The highest BCUT2D eigenvalue weighted by atomic mass is 19.1. The Morgan fingerprint density at radius 1 is 1.18 bits per heavy atom. The summed E-state index contributed by atoms with van der Waals surface area (Å²) >= 11 is 0. The van der Waals surface area contributed by atoms with E-state index >= 15 is 0 Å². The first-order valence-electron chi connectivity index (χ1n) is 9.45. The number of hydrogen-bond donors (Lipinski definition) is 1. The van der Waals surface area contributed by atoms with Crippen molar-refractivity contribution in [1.82, 2.24) is 10.2 Å². The highest BCUT2D eigenvalue weighted by Gasteiger charge is 2.40. The summed E-state index contributed by atoms with van der Waals surface area (Å²) in [5, 5.41) is 2.99. The van der Waals surface area contributed by atoms with E-state index in [9.17, 15) is 14.0 Å². The number of benzene rings is 2. The number of ether oxygens (including phenoxy) is 1. The van der Waals surface area contributed by atoms with Crippen LogP contribution in [0.15, 0.2) is 54.6 Å². The molecular weight excluding hydrogens is 359 g/mol. The second-order valence-electron chi connectivity index (χ2n) is 6.92. The fraction of sp³-hybridized carbons (Fsp3) is 0.364. The molecule has 0 spiro atoms. The molecule has 1 aliphatic rings. The lowest BCUT2D eigenvalue weighted by atomic mass is 9.83. The Morgan fingerprint density at radius 3 is 2.57 bits per heavy atom. The van der Waals surface area contributed by atoms with Crippen LogP contribution in [0.1, 0.15) is 30.0 Å². The molecule has 0 aliphatic carbocycles. The molecule has 2 atom stereocenters. The van der Waals surface area contributed by atoms with Crippen LogP contribution >= 0.6 is 0 Å². The summed E-state index contributed by atoms with van der Waals surface area (Å²) < 4.78 is 18.6. The van der Waals surface area contributed by atoms with Crippen molar-refractivity contribution < 1.29 is 18.7 Å². The Hall–Kier alpha value is -2.73. The van der Waals surface area contributed by atoms with E-state index < -0.39 is 12.0 Å². The molecule has 1 fully saturated rings. The van der Waals surface area contributed by atoms with Gasteiger partial charge < -0.3 is 15.0 Å². The molecule has 0 saturated carbocycles. The van der Waals surface area contributed by atoms with Crippen LogP contribution < -0.4 is 5.32 Å². The number of amides is 2. The van der Waals surface area contributed by atoms with E-state index in [1.54, 1.807) is 24.1 Å². The van der Waals surface area contributed by atoms with Gasteiger partial charge in [0.15, 0.2) is 0 Å². The monoisotopic (exact) mass is 384 g/mol. The minimum absolute atomic E-state index is 0.0153.